The number of aliphatic hydroxyl groups excluding tert-OH is 2. The lowest BCUT2D eigenvalue weighted by Crippen LogP contribution is -2.21. The quantitative estimate of drug-likeness (QED) is 0.617. The fraction of sp³-hybridized carbons (Fsp3) is 0.500. The minimum Gasteiger partial charge on any atom is -0.390 e. The number of nitro groups is 1. The van der Waals surface area contributed by atoms with Crippen molar-refractivity contribution in [2.24, 2.45) is 0 Å². The van der Waals surface area contributed by atoms with Crippen molar-refractivity contribution in [2.75, 3.05) is 5.75 Å². The molecular formula is C14H19NO5S. The topological polar surface area (TPSA) is 101 Å². The molecule has 2 unspecified atom stereocenters. The highest BCUT2D eigenvalue weighted by Gasteiger charge is 2.28. The van der Waals surface area contributed by atoms with E-state index in [1.807, 2.05) is 0 Å². The van der Waals surface area contributed by atoms with Gasteiger partial charge < -0.3 is 10.2 Å². The molecule has 0 fully saturated rings. The first-order valence-electron chi connectivity index (χ1n) is 6.49. The summed E-state index contributed by atoms with van der Waals surface area (Å²) in [7, 11) is 0. The second kappa shape index (κ2) is 7.53. The van der Waals surface area contributed by atoms with Crippen LogP contribution in [0.3, 0.4) is 0 Å². The van der Waals surface area contributed by atoms with Gasteiger partial charge in [0.25, 0.3) is 5.69 Å². The monoisotopic (exact) mass is 313 g/mol. The summed E-state index contributed by atoms with van der Waals surface area (Å²) in [6, 6.07) is 3.10. The normalized spacial score (nSPS) is 13.8. The van der Waals surface area contributed by atoms with Gasteiger partial charge in [0.05, 0.1) is 16.6 Å². The fourth-order valence-corrected chi connectivity index (χ4v) is 2.81. The second-order valence-corrected chi connectivity index (χ2v) is 6.18. The van der Waals surface area contributed by atoms with Crippen molar-refractivity contribution in [3.05, 3.63) is 38.9 Å². The molecule has 0 amide bonds. The first-order valence-corrected chi connectivity index (χ1v) is 7.47. The lowest BCUT2D eigenvalue weighted by atomic mass is 9.95. The van der Waals surface area contributed by atoms with Crippen molar-refractivity contribution in [3.63, 3.8) is 0 Å². The maximum absolute atomic E-state index is 11.1. The van der Waals surface area contributed by atoms with E-state index in [1.165, 1.54) is 13.0 Å². The molecule has 0 aliphatic carbocycles. The van der Waals surface area contributed by atoms with Gasteiger partial charge in [-0.25, -0.2) is 0 Å². The third-order valence-electron chi connectivity index (χ3n) is 3.09. The number of rotatable bonds is 6. The molecule has 0 spiro atoms. The summed E-state index contributed by atoms with van der Waals surface area (Å²) in [5, 5.41) is 31.2. The van der Waals surface area contributed by atoms with Crippen molar-refractivity contribution in [3.8, 4) is 0 Å². The number of carbonyl (C=O) groups excluding carboxylic acids is 1. The molecule has 0 aliphatic heterocycles. The van der Waals surface area contributed by atoms with Crippen LogP contribution in [0.15, 0.2) is 12.1 Å². The molecular weight excluding hydrogens is 294 g/mol. The van der Waals surface area contributed by atoms with Crippen LogP contribution in [0.4, 0.5) is 5.69 Å². The Hall–Kier alpha value is -1.44. The van der Waals surface area contributed by atoms with E-state index >= 15 is 0 Å². The molecule has 7 heteroatoms. The molecule has 1 aromatic rings. The van der Waals surface area contributed by atoms with E-state index in [9.17, 15) is 25.1 Å². The largest absolute Gasteiger partial charge is 0.390 e. The summed E-state index contributed by atoms with van der Waals surface area (Å²) < 4.78 is 0. The number of aryl methyl sites for hydroxylation is 2. The van der Waals surface area contributed by atoms with Crippen molar-refractivity contribution >= 4 is 22.6 Å². The molecule has 2 N–H and O–H groups in total. The number of aliphatic hydroxyl groups is 2. The van der Waals surface area contributed by atoms with Gasteiger partial charge in [-0.2, -0.15) is 0 Å². The zero-order chi connectivity index (χ0) is 16.2. The zero-order valence-electron chi connectivity index (χ0n) is 12.2. The SMILES string of the molecule is CC(=O)SCCC(O)C(O)c1c(C)cc(C)cc1[N+](=O)[O-]. The Morgan fingerprint density at radius 1 is 1.38 bits per heavy atom. The Kier molecular flexibility index (Phi) is 6.32. The molecule has 6 nitrogen and oxygen atoms in total. The highest BCUT2D eigenvalue weighted by Crippen LogP contribution is 2.32. The average Bonchev–Trinajstić information content (AvgIpc) is 2.36. The minimum absolute atomic E-state index is 0.0748. The van der Waals surface area contributed by atoms with E-state index in [0.29, 0.717) is 11.3 Å². The Morgan fingerprint density at radius 3 is 2.52 bits per heavy atom. The van der Waals surface area contributed by atoms with Crippen LogP contribution in [0.2, 0.25) is 0 Å². The maximum Gasteiger partial charge on any atom is 0.275 e. The Morgan fingerprint density at radius 2 is 2.00 bits per heavy atom. The highest BCUT2D eigenvalue weighted by molar-refractivity contribution is 8.13. The Labute approximate surface area is 127 Å². The summed E-state index contributed by atoms with van der Waals surface area (Å²) in [5.41, 5.74) is 1.22. The minimum atomic E-state index is -1.35. The zero-order valence-corrected chi connectivity index (χ0v) is 13.0. The number of benzene rings is 1. The van der Waals surface area contributed by atoms with Gasteiger partial charge in [0.15, 0.2) is 5.12 Å². The predicted molar refractivity (Wildman–Crippen MR) is 81.3 cm³/mol. The van der Waals surface area contributed by atoms with Gasteiger partial charge in [-0.1, -0.05) is 17.8 Å². The van der Waals surface area contributed by atoms with Crippen LogP contribution >= 0.6 is 11.8 Å². The molecule has 0 aromatic heterocycles. The number of hydrogen-bond donors (Lipinski definition) is 2. The molecule has 1 aromatic carbocycles. The molecule has 0 saturated carbocycles. The van der Waals surface area contributed by atoms with Crippen LogP contribution in [0.5, 0.6) is 0 Å². The molecule has 1 rings (SSSR count). The summed E-state index contributed by atoms with van der Waals surface area (Å²) in [6.07, 6.45) is -2.33. The van der Waals surface area contributed by atoms with E-state index in [1.54, 1.807) is 19.9 Å². The van der Waals surface area contributed by atoms with Crippen LogP contribution in [-0.2, 0) is 4.79 Å². The van der Waals surface area contributed by atoms with E-state index in [0.717, 1.165) is 17.3 Å². The Bertz CT molecular complexity index is 546. The molecule has 2 atom stereocenters. The molecule has 0 heterocycles. The van der Waals surface area contributed by atoms with Gasteiger partial charge in [-0.05, 0) is 31.4 Å². The third kappa shape index (κ3) is 4.80. The summed E-state index contributed by atoms with van der Waals surface area (Å²) in [6.45, 7) is 4.81. The van der Waals surface area contributed by atoms with Crippen molar-refractivity contribution in [1.82, 2.24) is 0 Å². The van der Waals surface area contributed by atoms with Gasteiger partial charge in [-0.15, -0.1) is 0 Å². The summed E-state index contributed by atoms with van der Waals surface area (Å²) in [4.78, 5) is 21.4. The van der Waals surface area contributed by atoms with Crippen LogP contribution in [0.1, 0.15) is 36.1 Å². The van der Waals surface area contributed by atoms with Gasteiger partial charge >= 0.3 is 0 Å². The van der Waals surface area contributed by atoms with Crippen molar-refractivity contribution in [2.45, 2.75) is 39.4 Å². The van der Waals surface area contributed by atoms with Gasteiger partial charge in [0.1, 0.15) is 6.10 Å². The average molecular weight is 313 g/mol. The summed E-state index contributed by atoms with van der Waals surface area (Å²) >= 11 is 1.05. The number of thioether (sulfide) groups is 1. The van der Waals surface area contributed by atoms with E-state index in [-0.39, 0.29) is 22.8 Å². The van der Waals surface area contributed by atoms with Crippen molar-refractivity contribution in [1.29, 1.82) is 0 Å². The predicted octanol–water partition coefficient (Wildman–Crippen LogP) is 2.28. The number of carbonyl (C=O) groups is 1. The molecule has 21 heavy (non-hydrogen) atoms. The lowest BCUT2D eigenvalue weighted by Gasteiger charge is -2.20. The number of nitro benzene ring substituents is 1. The lowest BCUT2D eigenvalue weighted by molar-refractivity contribution is -0.386. The molecule has 0 saturated heterocycles. The smallest absolute Gasteiger partial charge is 0.275 e. The van der Waals surface area contributed by atoms with E-state index in [2.05, 4.69) is 0 Å². The van der Waals surface area contributed by atoms with Crippen LogP contribution in [-0.4, -0.2) is 32.1 Å². The first kappa shape index (κ1) is 17.6. The second-order valence-electron chi connectivity index (χ2n) is 4.91. The van der Waals surface area contributed by atoms with Crippen molar-refractivity contribution < 1.29 is 19.9 Å². The van der Waals surface area contributed by atoms with E-state index < -0.39 is 17.1 Å². The molecule has 0 radical (unpaired) electrons. The van der Waals surface area contributed by atoms with Crippen LogP contribution in [0, 0.1) is 24.0 Å². The highest BCUT2D eigenvalue weighted by atomic mass is 32.2. The Balaban J connectivity index is 2.98. The fourth-order valence-electron chi connectivity index (χ4n) is 2.17. The number of nitrogens with zero attached hydrogens (tertiary/aromatic N) is 1. The van der Waals surface area contributed by atoms with Gasteiger partial charge in [-0.3, -0.25) is 14.9 Å². The first-order chi connectivity index (χ1) is 9.73. The van der Waals surface area contributed by atoms with Gasteiger partial charge in [0.2, 0.25) is 0 Å². The third-order valence-corrected chi connectivity index (χ3v) is 3.93. The molecule has 0 bridgehead atoms. The molecule has 0 aliphatic rings. The summed E-state index contributed by atoms with van der Waals surface area (Å²) in [5.74, 6) is 0.353. The van der Waals surface area contributed by atoms with Gasteiger partial charge in [0, 0.05) is 18.7 Å². The maximum atomic E-state index is 11.1. The van der Waals surface area contributed by atoms with Crippen LogP contribution < -0.4 is 0 Å². The standard InChI is InChI=1S/C14H19NO5S/c1-8-6-9(2)13(11(7-8)15(19)20)14(18)12(17)4-5-21-10(3)16/h6-7,12,14,17-18H,4-5H2,1-3H3. The molecule has 116 valence electrons. The number of hydrogen-bond acceptors (Lipinski definition) is 6. The van der Waals surface area contributed by atoms with E-state index in [4.69, 9.17) is 0 Å². The van der Waals surface area contributed by atoms with Crippen LogP contribution in [0.25, 0.3) is 0 Å².